The molecule has 0 aliphatic carbocycles. The van der Waals surface area contributed by atoms with E-state index in [0.717, 1.165) is 22.4 Å². The van der Waals surface area contributed by atoms with Crippen LogP contribution in [0.25, 0.3) is 6.08 Å². The van der Waals surface area contributed by atoms with Gasteiger partial charge in [-0.05, 0) is 31.0 Å². The molecule has 0 saturated carbocycles. The molecule has 0 radical (unpaired) electrons. The molecular weight excluding hydrogens is 290 g/mol. The van der Waals surface area contributed by atoms with Gasteiger partial charge in [0.15, 0.2) is 0 Å². The monoisotopic (exact) mass is 311 g/mol. The molecule has 0 atom stereocenters. The minimum atomic E-state index is -0.521. The summed E-state index contributed by atoms with van der Waals surface area (Å²) in [6.07, 6.45) is 1.17. The van der Waals surface area contributed by atoms with E-state index in [4.69, 9.17) is 4.74 Å². The van der Waals surface area contributed by atoms with Gasteiger partial charge in [-0.2, -0.15) is 0 Å². The molecular formula is C19H21NO3. The van der Waals surface area contributed by atoms with Gasteiger partial charge in [-0.15, -0.1) is 0 Å². The number of anilines is 1. The molecule has 4 nitrogen and oxygen atoms in total. The fraction of sp³-hybridized carbons (Fsp3) is 0.211. The van der Waals surface area contributed by atoms with Gasteiger partial charge in [-0.3, -0.25) is 5.32 Å². The zero-order valence-electron chi connectivity index (χ0n) is 13.7. The van der Waals surface area contributed by atoms with Gasteiger partial charge in [-0.1, -0.05) is 48.6 Å². The molecule has 0 aliphatic heterocycles. The Morgan fingerprint density at radius 3 is 2.70 bits per heavy atom. The number of benzene rings is 2. The van der Waals surface area contributed by atoms with E-state index in [9.17, 15) is 4.79 Å². The van der Waals surface area contributed by atoms with Gasteiger partial charge in [0.1, 0.15) is 12.4 Å². The second-order valence-corrected chi connectivity index (χ2v) is 5.26. The molecule has 0 spiro atoms. The van der Waals surface area contributed by atoms with Crippen molar-refractivity contribution in [2.24, 2.45) is 0 Å². The first-order valence-corrected chi connectivity index (χ1v) is 7.34. The number of amides is 1. The molecule has 0 aliphatic rings. The third-order valence-corrected chi connectivity index (χ3v) is 3.53. The van der Waals surface area contributed by atoms with Crippen LogP contribution in [-0.4, -0.2) is 13.2 Å². The highest BCUT2D eigenvalue weighted by Crippen LogP contribution is 2.26. The van der Waals surface area contributed by atoms with Crippen LogP contribution in [-0.2, 0) is 11.3 Å². The number of ether oxygens (including phenoxy) is 2. The number of aryl methyl sites for hydroxylation is 2. The number of carbonyl (C=O) groups excluding carboxylic acids is 1. The molecule has 4 heteroatoms. The lowest BCUT2D eigenvalue weighted by Crippen LogP contribution is -2.14. The number of carbonyl (C=O) groups is 1. The number of nitrogens with one attached hydrogen (secondary N) is 1. The molecule has 1 amide bonds. The molecule has 23 heavy (non-hydrogen) atoms. The topological polar surface area (TPSA) is 47.6 Å². The van der Waals surface area contributed by atoms with Crippen molar-refractivity contribution in [3.63, 3.8) is 0 Å². The van der Waals surface area contributed by atoms with Crippen LogP contribution in [0, 0.1) is 13.8 Å². The molecule has 0 saturated heterocycles. The van der Waals surface area contributed by atoms with Crippen LogP contribution in [0.3, 0.4) is 0 Å². The Balaban J connectivity index is 2.24. The minimum absolute atomic E-state index is 0.338. The molecule has 120 valence electrons. The average Bonchev–Trinajstić information content (AvgIpc) is 2.54. The summed E-state index contributed by atoms with van der Waals surface area (Å²) in [6, 6.07) is 11.7. The molecule has 0 bridgehead atoms. The van der Waals surface area contributed by atoms with E-state index in [1.165, 1.54) is 12.7 Å². The molecule has 0 fully saturated rings. The highest BCUT2D eigenvalue weighted by atomic mass is 16.5. The Labute approximate surface area is 136 Å². The standard InChI is InChI=1S/C19H21NO3/c1-5-15-7-6-8-16(18(15)20-19(21)22-4)12-23-17-10-9-13(2)11-14(17)3/h5-11H,1,12H2,2-4H3,(H,20,21). The van der Waals surface area contributed by atoms with Crippen molar-refractivity contribution in [2.45, 2.75) is 20.5 Å². The maximum Gasteiger partial charge on any atom is 0.411 e. The zero-order chi connectivity index (χ0) is 16.8. The lowest BCUT2D eigenvalue weighted by molar-refractivity contribution is 0.187. The Bertz CT molecular complexity index is 723. The lowest BCUT2D eigenvalue weighted by atomic mass is 10.1. The maximum absolute atomic E-state index is 11.6. The summed E-state index contributed by atoms with van der Waals surface area (Å²) in [6.45, 7) is 8.17. The van der Waals surface area contributed by atoms with E-state index in [1.807, 2.05) is 44.2 Å². The smallest absolute Gasteiger partial charge is 0.411 e. The van der Waals surface area contributed by atoms with E-state index in [2.05, 4.69) is 22.7 Å². The van der Waals surface area contributed by atoms with E-state index in [0.29, 0.717) is 12.3 Å². The van der Waals surface area contributed by atoms with Crippen LogP contribution in [0.15, 0.2) is 43.0 Å². The average molecular weight is 311 g/mol. The van der Waals surface area contributed by atoms with Gasteiger partial charge in [0.2, 0.25) is 0 Å². The SMILES string of the molecule is C=Cc1cccc(COc2ccc(C)cc2C)c1NC(=O)OC. The minimum Gasteiger partial charge on any atom is -0.489 e. The number of hydrogen-bond acceptors (Lipinski definition) is 3. The highest BCUT2D eigenvalue weighted by molar-refractivity contribution is 5.89. The van der Waals surface area contributed by atoms with Crippen molar-refractivity contribution in [3.8, 4) is 5.75 Å². The molecule has 2 aromatic carbocycles. The molecule has 0 unspecified atom stereocenters. The molecule has 2 aromatic rings. The van der Waals surface area contributed by atoms with Gasteiger partial charge < -0.3 is 9.47 Å². The number of para-hydroxylation sites is 1. The summed E-state index contributed by atoms with van der Waals surface area (Å²) in [5.41, 5.74) is 4.59. The number of methoxy groups -OCH3 is 1. The first-order valence-electron chi connectivity index (χ1n) is 7.34. The van der Waals surface area contributed by atoms with Crippen LogP contribution >= 0.6 is 0 Å². The quantitative estimate of drug-likeness (QED) is 0.870. The van der Waals surface area contributed by atoms with Crippen molar-refractivity contribution >= 4 is 17.9 Å². The second-order valence-electron chi connectivity index (χ2n) is 5.26. The Morgan fingerprint density at radius 1 is 1.26 bits per heavy atom. The Kier molecular flexibility index (Phi) is 5.41. The van der Waals surface area contributed by atoms with Gasteiger partial charge in [0.05, 0.1) is 12.8 Å². The number of rotatable bonds is 5. The Morgan fingerprint density at radius 2 is 2.04 bits per heavy atom. The summed E-state index contributed by atoms with van der Waals surface area (Å²) in [5.74, 6) is 0.823. The summed E-state index contributed by atoms with van der Waals surface area (Å²) in [4.78, 5) is 11.6. The first kappa shape index (κ1) is 16.6. The van der Waals surface area contributed by atoms with E-state index >= 15 is 0 Å². The van der Waals surface area contributed by atoms with E-state index in [1.54, 1.807) is 6.08 Å². The van der Waals surface area contributed by atoms with Gasteiger partial charge in [0, 0.05) is 5.56 Å². The van der Waals surface area contributed by atoms with Crippen LogP contribution in [0.5, 0.6) is 5.75 Å². The molecule has 0 heterocycles. The van der Waals surface area contributed by atoms with Crippen molar-refractivity contribution in [1.29, 1.82) is 0 Å². The summed E-state index contributed by atoms with van der Waals surface area (Å²) >= 11 is 0. The van der Waals surface area contributed by atoms with Crippen molar-refractivity contribution in [2.75, 3.05) is 12.4 Å². The maximum atomic E-state index is 11.6. The fourth-order valence-electron chi connectivity index (χ4n) is 2.33. The van der Waals surface area contributed by atoms with Gasteiger partial charge in [-0.25, -0.2) is 4.79 Å². The molecule has 2 rings (SSSR count). The second kappa shape index (κ2) is 7.49. The van der Waals surface area contributed by atoms with Gasteiger partial charge in [0.25, 0.3) is 0 Å². The zero-order valence-corrected chi connectivity index (χ0v) is 13.7. The normalized spacial score (nSPS) is 10.0. The van der Waals surface area contributed by atoms with Gasteiger partial charge >= 0.3 is 6.09 Å². The van der Waals surface area contributed by atoms with Crippen LogP contribution in [0.1, 0.15) is 22.3 Å². The van der Waals surface area contributed by atoms with Crippen LogP contribution in [0.2, 0.25) is 0 Å². The lowest BCUT2D eigenvalue weighted by Gasteiger charge is -2.15. The van der Waals surface area contributed by atoms with E-state index in [-0.39, 0.29) is 0 Å². The van der Waals surface area contributed by atoms with E-state index < -0.39 is 6.09 Å². The van der Waals surface area contributed by atoms with Crippen LogP contribution < -0.4 is 10.1 Å². The van der Waals surface area contributed by atoms with Crippen molar-refractivity contribution in [1.82, 2.24) is 0 Å². The predicted molar refractivity (Wildman–Crippen MR) is 92.8 cm³/mol. The van der Waals surface area contributed by atoms with Crippen molar-refractivity contribution < 1.29 is 14.3 Å². The summed E-state index contributed by atoms with van der Waals surface area (Å²) in [7, 11) is 1.33. The third kappa shape index (κ3) is 4.13. The summed E-state index contributed by atoms with van der Waals surface area (Å²) in [5, 5.41) is 2.73. The molecule has 0 aromatic heterocycles. The Hall–Kier alpha value is -2.75. The number of hydrogen-bond donors (Lipinski definition) is 1. The summed E-state index contributed by atoms with van der Waals surface area (Å²) < 4.78 is 10.6. The van der Waals surface area contributed by atoms with Crippen LogP contribution in [0.4, 0.5) is 10.5 Å². The third-order valence-electron chi connectivity index (χ3n) is 3.53. The predicted octanol–water partition coefficient (Wildman–Crippen LogP) is 4.70. The first-order chi connectivity index (χ1) is 11.0. The molecule has 1 N–H and O–H groups in total. The largest absolute Gasteiger partial charge is 0.489 e. The fourth-order valence-corrected chi connectivity index (χ4v) is 2.33. The van der Waals surface area contributed by atoms with Crippen molar-refractivity contribution in [3.05, 3.63) is 65.2 Å². The highest BCUT2D eigenvalue weighted by Gasteiger charge is 2.11.